The highest BCUT2D eigenvalue weighted by molar-refractivity contribution is 9.10. The SMILES string of the molecule is CCc1[nH]c2nc(Nc3cnc4c(c3)nnn4C)nc(OC)c2c1Br. The molecule has 0 saturated carbocycles. The molecule has 0 radical (unpaired) electrons. The minimum Gasteiger partial charge on any atom is -0.480 e. The number of nitrogens with zero attached hydrogens (tertiary/aromatic N) is 6. The first-order chi connectivity index (χ1) is 12.1. The fourth-order valence-corrected chi connectivity index (χ4v) is 3.39. The maximum atomic E-state index is 5.44. The number of anilines is 2. The van der Waals surface area contributed by atoms with Crippen LogP contribution in [0.25, 0.3) is 22.2 Å². The number of aromatic amines is 1. The Kier molecular flexibility index (Phi) is 3.75. The summed E-state index contributed by atoms with van der Waals surface area (Å²) < 4.78 is 7.98. The summed E-state index contributed by atoms with van der Waals surface area (Å²) in [6.07, 6.45) is 2.53. The summed E-state index contributed by atoms with van der Waals surface area (Å²) in [5.74, 6) is 0.898. The molecule has 4 aromatic heterocycles. The number of H-pyrrole nitrogens is 1. The summed E-state index contributed by atoms with van der Waals surface area (Å²) in [6.45, 7) is 2.07. The Balaban J connectivity index is 1.77. The topological polar surface area (TPSA) is 106 Å². The van der Waals surface area contributed by atoms with Crippen LogP contribution >= 0.6 is 15.9 Å². The quantitative estimate of drug-likeness (QED) is 0.540. The van der Waals surface area contributed by atoms with Gasteiger partial charge in [-0.15, -0.1) is 5.10 Å². The van der Waals surface area contributed by atoms with Crippen LogP contribution in [0.3, 0.4) is 0 Å². The van der Waals surface area contributed by atoms with Gasteiger partial charge in [0.15, 0.2) is 5.65 Å². The number of halogens is 1. The van der Waals surface area contributed by atoms with Gasteiger partial charge in [-0.2, -0.15) is 9.97 Å². The van der Waals surface area contributed by atoms with Crippen molar-refractivity contribution in [2.24, 2.45) is 7.05 Å². The summed E-state index contributed by atoms with van der Waals surface area (Å²) in [6, 6.07) is 1.84. The monoisotopic (exact) mass is 402 g/mol. The zero-order valence-corrected chi connectivity index (χ0v) is 15.4. The third-order valence-corrected chi connectivity index (χ3v) is 4.75. The molecule has 0 aliphatic rings. The number of hydrogen-bond acceptors (Lipinski definition) is 7. The highest BCUT2D eigenvalue weighted by Crippen LogP contribution is 2.34. The van der Waals surface area contributed by atoms with Gasteiger partial charge < -0.3 is 15.0 Å². The number of aromatic nitrogens is 7. The van der Waals surface area contributed by atoms with E-state index in [-0.39, 0.29) is 0 Å². The van der Waals surface area contributed by atoms with Crippen molar-refractivity contribution in [3.05, 3.63) is 22.4 Å². The van der Waals surface area contributed by atoms with Gasteiger partial charge in [-0.25, -0.2) is 9.67 Å². The van der Waals surface area contributed by atoms with E-state index < -0.39 is 0 Å². The lowest BCUT2D eigenvalue weighted by atomic mass is 10.3. The largest absolute Gasteiger partial charge is 0.480 e. The maximum absolute atomic E-state index is 5.44. The average molecular weight is 403 g/mol. The molecule has 0 bridgehead atoms. The van der Waals surface area contributed by atoms with Gasteiger partial charge in [-0.05, 0) is 28.4 Å². The van der Waals surface area contributed by atoms with Crippen LogP contribution < -0.4 is 10.1 Å². The Morgan fingerprint density at radius 3 is 2.96 bits per heavy atom. The van der Waals surface area contributed by atoms with Crippen molar-refractivity contribution >= 4 is 49.8 Å². The predicted octanol–water partition coefficient (Wildman–Crippen LogP) is 2.71. The fraction of sp³-hybridized carbons (Fsp3) is 0.267. The Morgan fingerprint density at radius 2 is 2.20 bits per heavy atom. The third kappa shape index (κ3) is 2.58. The van der Waals surface area contributed by atoms with Crippen molar-refractivity contribution in [1.29, 1.82) is 0 Å². The molecule has 10 heteroatoms. The van der Waals surface area contributed by atoms with Crippen LogP contribution in [0.15, 0.2) is 16.7 Å². The van der Waals surface area contributed by atoms with E-state index >= 15 is 0 Å². The van der Waals surface area contributed by atoms with Crippen LogP contribution in [0.4, 0.5) is 11.6 Å². The van der Waals surface area contributed by atoms with Crippen molar-refractivity contribution in [2.75, 3.05) is 12.4 Å². The highest BCUT2D eigenvalue weighted by Gasteiger charge is 2.17. The second-order valence-corrected chi connectivity index (χ2v) is 6.25. The second-order valence-electron chi connectivity index (χ2n) is 5.46. The van der Waals surface area contributed by atoms with Crippen molar-refractivity contribution in [3.8, 4) is 5.88 Å². The number of ether oxygens (including phenoxy) is 1. The first-order valence-corrected chi connectivity index (χ1v) is 8.44. The highest BCUT2D eigenvalue weighted by atomic mass is 79.9. The number of hydrogen-bond donors (Lipinski definition) is 2. The van der Waals surface area contributed by atoms with E-state index in [1.54, 1.807) is 25.0 Å². The zero-order valence-electron chi connectivity index (χ0n) is 13.8. The molecule has 0 aliphatic carbocycles. The van der Waals surface area contributed by atoms with Crippen LogP contribution in [0.5, 0.6) is 5.88 Å². The predicted molar refractivity (Wildman–Crippen MR) is 97.1 cm³/mol. The number of aryl methyl sites for hydroxylation is 2. The third-order valence-electron chi connectivity index (χ3n) is 3.87. The lowest BCUT2D eigenvalue weighted by molar-refractivity contribution is 0.403. The molecule has 0 amide bonds. The molecule has 0 spiro atoms. The number of rotatable bonds is 4. The first kappa shape index (κ1) is 15.8. The van der Waals surface area contributed by atoms with Gasteiger partial charge in [0.2, 0.25) is 11.8 Å². The van der Waals surface area contributed by atoms with Gasteiger partial charge in [0, 0.05) is 12.7 Å². The normalized spacial score (nSPS) is 11.4. The Labute approximate surface area is 151 Å². The maximum Gasteiger partial charge on any atom is 0.232 e. The lowest BCUT2D eigenvalue weighted by Gasteiger charge is -2.07. The van der Waals surface area contributed by atoms with E-state index in [0.29, 0.717) is 28.6 Å². The molecule has 0 atom stereocenters. The number of pyridine rings is 1. The summed E-state index contributed by atoms with van der Waals surface area (Å²) in [4.78, 5) is 16.6. The molecule has 4 heterocycles. The molecule has 2 N–H and O–H groups in total. The molecule has 128 valence electrons. The Hall–Kier alpha value is -2.75. The van der Waals surface area contributed by atoms with E-state index in [1.165, 1.54) is 0 Å². The molecule has 9 nitrogen and oxygen atoms in total. The van der Waals surface area contributed by atoms with Crippen LogP contribution in [0.1, 0.15) is 12.6 Å². The van der Waals surface area contributed by atoms with Crippen LogP contribution in [0.2, 0.25) is 0 Å². The van der Waals surface area contributed by atoms with Gasteiger partial charge in [-0.1, -0.05) is 12.1 Å². The summed E-state index contributed by atoms with van der Waals surface area (Å²) in [7, 11) is 3.38. The lowest BCUT2D eigenvalue weighted by Crippen LogP contribution is -2.00. The van der Waals surface area contributed by atoms with Crippen molar-refractivity contribution in [3.63, 3.8) is 0 Å². The van der Waals surface area contributed by atoms with E-state index in [1.807, 2.05) is 6.07 Å². The molecule has 4 rings (SSSR count). The van der Waals surface area contributed by atoms with Crippen molar-refractivity contribution in [1.82, 2.24) is 34.9 Å². The molecule has 25 heavy (non-hydrogen) atoms. The molecule has 0 fully saturated rings. The molecule has 0 aromatic carbocycles. The van der Waals surface area contributed by atoms with Crippen molar-refractivity contribution < 1.29 is 4.74 Å². The molecule has 0 unspecified atom stereocenters. The van der Waals surface area contributed by atoms with E-state index in [2.05, 4.69) is 58.4 Å². The Morgan fingerprint density at radius 1 is 1.36 bits per heavy atom. The Bertz CT molecular complexity index is 1090. The van der Waals surface area contributed by atoms with Gasteiger partial charge in [0.1, 0.15) is 11.2 Å². The smallest absolute Gasteiger partial charge is 0.232 e. The van der Waals surface area contributed by atoms with Gasteiger partial charge in [0.05, 0.1) is 28.9 Å². The molecular weight excluding hydrogens is 388 g/mol. The average Bonchev–Trinajstić information content (AvgIpc) is 3.14. The van der Waals surface area contributed by atoms with Gasteiger partial charge in [-0.3, -0.25) is 0 Å². The van der Waals surface area contributed by atoms with E-state index in [9.17, 15) is 0 Å². The van der Waals surface area contributed by atoms with E-state index in [4.69, 9.17) is 4.74 Å². The van der Waals surface area contributed by atoms with E-state index in [0.717, 1.165) is 27.7 Å². The summed E-state index contributed by atoms with van der Waals surface area (Å²) >= 11 is 3.59. The summed E-state index contributed by atoms with van der Waals surface area (Å²) in [5, 5.41) is 12.0. The molecular formula is C15H15BrN8O. The van der Waals surface area contributed by atoms with Crippen LogP contribution in [-0.2, 0) is 13.5 Å². The standard InChI is InChI=1S/C15H15BrN8O/c1-4-8-11(16)10-12(19-8)20-15(21-14(10)25-3)18-7-5-9-13(17-6-7)24(2)23-22-9/h5-6H,4H2,1-3H3,(H2,18,19,20,21). The van der Waals surface area contributed by atoms with Crippen molar-refractivity contribution in [2.45, 2.75) is 13.3 Å². The van der Waals surface area contributed by atoms with Crippen LogP contribution in [0, 0.1) is 0 Å². The molecule has 0 saturated heterocycles. The number of fused-ring (bicyclic) bond motifs is 2. The van der Waals surface area contributed by atoms with Crippen LogP contribution in [-0.4, -0.2) is 42.0 Å². The first-order valence-electron chi connectivity index (χ1n) is 7.65. The van der Waals surface area contributed by atoms with Gasteiger partial charge >= 0.3 is 0 Å². The molecule has 0 aliphatic heterocycles. The minimum absolute atomic E-state index is 0.408. The second kappa shape index (κ2) is 5.96. The fourth-order valence-electron chi connectivity index (χ4n) is 2.65. The summed E-state index contributed by atoms with van der Waals surface area (Å²) in [5.41, 5.74) is 3.86. The zero-order chi connectivity index (χ0) is 17.6. The van der Waals surface area contributed by atoms with Gasteiger partial charge in [0.25, 0.3) is 0 Å². The number of methoxy groups -OCH3 is 1. The molecule has 4 aromatic rings. The minimum atomic E-state index is 0.408. The number of nitrogens with one attached hydrogen (secondary N) is 2.